The molecule has 0 aliphatic heterocycles. The maximum atomic E-state index is 12.2. The fourth-order valence-corrected chi connectivity index (χ4v) is 1.92. The molecule has 0 saturated carbocycles. The van der Waals surface area contributed by atoms with E-state index >= 15 is 0 Å². The Labute approximate surface area is 120 Å². The largest absolute Gasteiger partial charge is 0.482 e. The van der Waals surface area contributed by atoms with E-state index in [0.717, 1.165) is 17.0 Å². The minimum atomic E-state index is -4.36. The van der Waals surface area contributed by atoms with Gasteiger partial charge >= 0.3 is 6.18 Å². The van der Waals surface area contributed by atoms with Gasteiger partial charge < -0.3 is 10.1 Å². The molecule has 21 heavy (non-hydrogen) atoms. The fourth-order valence-electron chi connectivity index (χ4n) is 1.92. The molecule has 7 heteroatoms. The number of aromatic amines is 1. The number of nitrogens with zero attached hydrogens (tertiary/aromatic N) is 1. The summed E-state index contributed by atoms with van der Waals surface area (Å²) < 4.78 is 41.5. The molecule has 0 spiro atoms. The number of H-pyrrole nitrogens is 1. The number of para-hydroxylation sites is 2. The van der Waals surface area contributed by atoms with E-state index in [0.29, 0.717) is 12.2 Å². The highest BCUT2D eigenvalue weighted by atomic mass is 19.4. The topological polar surface area (TPSA) is 49.9 Å². The molecule has 1 heterocycles. The van der Waals surface area contributed by atoms with E-state index in [4.69, 9.17) is 4.74 Å². The molecule has 2 aromatic rings. The number of benzene rings is 1. The van der Waals surface area contributed by atoms with Crippen molar-refractivity contribution in [2.45, 2.75) is 26.6 Å². The molecule has 2 N–H and O–H groups in total. The second kappa shape index (κ2) is 6.07. The van der Waals surface area contributed by atoms with Gasteiger partial charge in [-0.25, -0.2) is 0 Å². The summed E-state index contributed by atoms with van der Waals surface area (Å²) in [4.78, 5) is 0. The number of aromatic nitrogens is 2. The quantitative estimate of drug-likeness (QED) is 0.887. The number of hydrogen-bond donors (Lipinski definition) is 2. The van der Waals surface area contributed by atoms with E-state index in [-0.39, 0.29) is 5.75 Å². The molecule has 0 fully saturated rings. The van der Waals surface area contributed by atoms with Gasteiger partial charge in [-0.3, -0.25) is 5.10 Å². The van der Waals surface area contributed by atoms with Gasteiger partial charge in [-0.2, -0.15) is 18.3 Å². The Hall–Kier alpha value is -2.18. The molecule has 2 rings (SSSR count). The van der Waals surface area contributed by atoms with Gasteiger partial charge in [0.25, 0.3) is 0 Å². The smallest absolute Gasteiger partial charge is 0.422 e. The van der Waals surface area contributed by atoms with Gasteiger partial charge in [0.2, 0.25) is 0 Å². The van der Waals surface area contributed by atoms with Crippen molar-refractivity contribution in [2.75, 3.05) is 11.9 Å². The monoisotopic (exact) mass is 299 g/mol. The van der Waals surface area contributed by atoms with Crippen molar-refractivity contribution >= 4 is 5.69 Å². The molecular formula is C14H16F3N3O. The number of aryl methyl sites for hydroxylation is 2. The van der Waals surface area contributed by atoms with Crippen molar-refractivity contribution in [1.29, 1.82) is 0 Å². The molecule has 0 unspecified atom stereocenters. The molecular weight excluding hydrogens is 283 g/mol. The SMILES string of the molecule is Cc1n[nH]c(C)c1CNc1ccccc1OCC(F)(F)F. The van der Waals surface area contributed by atoms with E-state index in [9.17, 15) is 13.2 Å². The van der Waals surface area contributed by atoms with Crippen molar-refractivity contribution < 1.29 is 17.9 Å². The maximum absolute atomic E-state index is 12.2. The predicted octanol–water partition coefficient (Wildman–Crippen LogP) is 3.58. The highest BCUT2D eigenvalue weighted by molar-refractivity contribution is 5.56. The number of hydrogen-bond acceptors (Lipinski definition) is 3. The van der Waals surface area contributed by atoms with E-state index in [2.05, 4.69) is 15.5 Å². The first-order valence-electron chi connectivity index (χ1n) is 6.39. The molecule has 0 saturated heterocycles. The average molecular weight is 299 g/mol. The summed E-state index contributed by atoms with van der Waals surface area (Å²) in [7, 11) is 0. The van der Waals surface area contributed by atoms with E-state index in [1.807, 2.05) is 13.8 Å². The molecule has 0 aliphatic carbocycles. The summed E-state index contributed by atoms with van der Waals surface area (Å²) in [5, 5.41) is 10.0. The second-order valence-electron chi connectivity index (χ2n) is 4.67. The van der Waals surface area contributed by atoms with Crippen LogP contribution >= 0.6 is 0 Å². The van der Waals surface area contributed by atoms with Gasteiger partial charge in [-0.15, -0.1) is 0 Å². The van der Waals surface area contributed by atoms with Crippen molar-refractivity contribution in [1.82, 2.24) is 10.2 Å². The molecule has 4 nitrogen and oxygen atoms in total. The normalized spacial score (nSPS) is 11.5. The minimum Gasteiger partial charge on any atom is -0.482 e. The van der Waals surface area contributed by atoms with Crippen molar-refractivity contribution in [3.05, 3.63) is 41.2 Å². The number of alkyl halides is 3. The Kier molecular flexibility index (Phi) is 4.40. The zero-order valence-corrected chi connectivity index (χ0v) is 11.7. The summed E-state index contributed by atoms with van der Waals surface area (Å²) in [6, 6.07) is 6.54. The summed E-state index contributed by atoms with van der Waals surface area (Å²) >= 11 is 0. The van der Waals surface area contributed by atoms with Crippen LogP contribution < -0.4 is 10.1 Å². The fraction of sp³-hybridized carbons (Fsp3) is 0.357. The van der Waals surface area contributed by atoms with Crippen LogP contribution in [-0.2, 0) is 6.54 Å². The Balaban J connectivity index is 2.06. The summed E-state index contributed by atoms with van der Waals surface area (Å²) in [6.45, 7) is 2.91. The van der Waals surface area contributed by atoms with Gasteiger partial charge in [0.05, 0.1) is 11.4 Å². The highest BCUT2D eigenvalue weighted by Gasteiger charge is 2.28. The molecule has 0 amide bonds. The predicted molar refractivity (Wildman–Crippen MR) is 73.4 cm³/mol. The lowest BCUT2D eigenvalue weighted by Crippen LogP contribution is -2.19. The van der Waals surface area contributed by atoms with Crippen molar-refractivity contribution in [3.8, 4) is 5.75 Å². The third-order valence-corrected chi connectivity index (χ3v) is 3.01. The first-order valence-corrected chi connectivity index (χ1v) is 6.39. The van der Waals surface area contributed by atoms with Crippen LogP contribution in [0.2, 0.25) is 0 Å². The Morgan fingerprint density at radius 3 is 2.57 bits per heavy atom. The first kappa shape index (κ1) is 15.2. The molecule has 114 valence electrons. The van der Waals surface area contributed by atoms with E-state index in [1.54, 1.807) is 18.2 Å². The van der Waals surface area contributed by atoms with Gasteiger partial charge in [0.15, 0.2) is 6.61 Å². The van der Waals surface area contributed by atoms with Crippen LogP contribution in [0.3, 0.4) is 0 Å². The first-order chi connectivity index (χ1) is 9.87. The van der Waals surface area contributed by atoms with Crippen LogP contribution in [0.4, 0.5) is 18.9 Å². The number of anilines is 1. The Morgan fingerprint density at radius 2 is 1.95 bits per heavy atom. The molecule has 1 aromatic carbocycles. The van der Waals surface area contributed by atoms with Crippen LogP contribution in [0, 0.1) is 13.8 Å². The lowest BCUT2D eigenvalue weighted by molar-refractivity contribution is -0.153. The summed E-state index contributed by atoms with van der Waals surface area (Å²) in [5.74, 6) is 0.175. The van der Waals surface area contributed by atoms with Gasteiger partial charge in [-0.05, 0) is 26.0 Å². The van der Waals surface area contributed by atoms with Crippen LogP contribution in [0.5, 0.6) is 5.75 Å². The van der Waals surface area contributed by atoms with Crippen molar-refractivity contribution in [3.63, 3.8) is 0 Å². The third-order valence-electron chi connectivity index (χ3n) is 3.01. The molecule has 0 atom stereocenters. The van der Waals surface area contributed by atoms with Gasteiger partial charge in [0.1, 0.15) is 5.75 Å². The average Bonchev–Trinajstić information content (AvgIpc) is 2.74. The zero-order chi connectivity index (χ0) is 15.5. The maximum Gasteiger partial charge on any atom is 0.422 e. The lowest BCUT2D eigenvalue weighted by atomic mass is 10.2. The number of nitrogens with one attached hydrogen (secondary N) is 2. The number of rotatable bonds is 5. The third kappa shape index (κ3) is 4.14. The molecule has 0 bridgehead atoms. The zero-order valence-electron chi connectivity index (χ0n) is 11.7. The number of ether oxygens (including phenoxy) is 1. The standard InChI is InChI=1S/C14H16F3N3O/c1-9-11(10(2)20-19-9)7-18-12-5-3-4-6-13(12)21-8-14(15,16)17/h3-6,18H,7-8H2,1-2H3,(H,19,20). The number of halogens is 3. The molecule has 0 aliphatic rings. The molecule has 1 aromatic heterocycles. The second-order valence-corrected chi connectivity index (χ2v) is 4.67. The van der Waals surface area contributed by atoms with Gasteiger partial charge in [0, 0.05) is 17.8 Å². The lowest BCUT2D eigenvalue weighted by Gasteiger charge is -2.14. The van der Waals surface area contributed by atoms with Crippen LogP contribution in [0.15, 0.2) is 24.3 Å². The highest BCUT2D eigenvalue weighted by Crippen LogP contribution is 2.27. The molecule has 0 radical (unpaired) electrons. The van der Waals surface area contributed by atoms with Crippen LogP contribution in [0.1, 0.15) is 17.0 Å². The van der Waals surface area contributed by atoms with E-state index in [1.165, 1.54) is 6.07 Å². The summed E-state index contributed by atoms with van der Waals surface area (Å²) in [5.41, 5.74) is 3.28. The Bertz CT molecular complexity index is 588. The van der Waals surface area contributed by atoms with Crippen LogP contribution in [-0.4, -0.2) is 23.0 Å². The Morgan fingerprint density at radius 1 is 1.24 bits per heavy atom. The minimum absolute atomic E-state index is 0.175. The van der Waals surface area contributed by atoms with E-state index < -0.39 is 12.8 Å². The summed E-state index contributed by atoms with van der Waals surface area (Å²) in [6.07, 6.45) is -4.36. The van der Waals surface area contributed by atoms with Gasteiger partial charge in [-0.1, -0.05) is 12.1 Å². The van der Waals surface area contributed by atoms with Crippen LogP contribution in [0.25, 0.3) is 0 Å². The van der Waals surface area contributed by atoms with Crippen molar-refractivity contribution in [2.24, 2.45) is 0 Å².